The van der Waals surface area contributed by atoms with E-state index in [1.165, 1.54) is 0 Å². The van der Waals surface area contributed by atoms with Crippen LogP contribution in [0.3, 0.4) is 0 Å². The number of hydrogen-bond acceptors (Lipinski definition) is 4. The molecule has 5 heteroatoms. The van der Waals surface area contributed by atoms with Crippen LogP contribution in [-0.4, -0.2) is 19.6 Å². The molecule has 4 rings (SSSR count). The first kappa shape index (κ1) is 17.9. The number of rotatable bonds is 7. The zero-order chi connectivity index (χ0) is 19.3. The van der Waals surface area contributed by atoms with Gasteiger partial charge in [-0.05, 0) is 36.8 Å². The largest absolute Gasteiger partial charge is 0.497 e. The summed E-state index contributed by atoms with van der Waals surface area (Å²) in [6, 6.07) is 19.3. The Hall–Kier alpha value is -3.47. The number of hydrogen-bond donors (Lipinski definition) is 1. The molecular formula is C23H21NO4. The first-order valence-corrected chi connectivity index (χ1v) is 9.18. The first-order valence-electron chi connectivity index (χ1n) is 9.18. The Bertz CT molecular complexity index is 1060. The summed E-state index contributed by atoms with van der Waals surface area (Å²) in [5.74, 6) is 2.18. The Labute approximate surface area is 162 Å². The minimum Gasteiger partial charge on any atom is -0.497 e. The quantitative estimate of drug-likeness (QED) is 0.513. The van der Waals surface area contributed by atoms with Crippen LogP contribution in [0.4, 0.5) is 0 Å². The number of carbonyl (C=O) groups excluding carboxylic acids is 1. The number of ether oxygens (including phenoxy) is 1. The molecule has 142 valence electrons. The van der Waals surface area contributed by atoms with Crippen molar-refractivity contribution in [1.82, 2.24) is 5.32 Å². The lowest BCUT2D eigenvalue weighted by Crippen LogP contribution is -2.27. The van der Waals surface area contributed by atoms with Crippen LogP contribution in [0, 0.1) is 0 Å². The smallest absolute Gasteiger partial charge is 0.227 e. The van der Waals surface area contributed by atoms with Gasteiger partial charge < -0.3 is 18.9 Å². The molecule has 2 aromatic heterocycles. The summed E-state index contributed by atoms with van der Waals surface area (Å²) in [6.45, 7) is 0.505. The van der Waals surface area contributed by atoms with Gasteiger partial charge in [-0.3, -0.25) is 4.79 Å². The van der Waals surface area contributed by atoms with Crippen molar-refractivity contribution in [2.75, 3.05) is 13.7 Å². The van der Waals surface area contributed by atoms with E-state index in [-0.39, 0.29) is 12.3 Å². The van der Waals surface area contributed by atoms with Gasteiger partial charge in [0.15, 0.2) is 0 Å². The van der Waals surface area contributed by atoms with Gasteiger partial charge in [0, 0.05) is 23.1 Å². The number of fused-ring (bicyclic) bond motifs is 1. The fourth-order valence-corrected chi connectivity index (χ4v) is 3.29. The summed E-state index contributed by atoms with van der Waals surface area (Å²) in [4.78, 5) is 12.1. The van der Waals surface area contributed by atoms with Gasteiger partial charge >= 0.3 is 0 Å². The molecule has 4 aromatic rings. The van der Waals surface area contributed by atoms with Crippen molar-refractivity contribution < 1.29 is 18.4 Å². The van der Waals surface area contributed by atoms with Gasteiger partial charge in [-0.2, -0.15) is 0 Å². The van der Waals surface area contributed by atoms with Gasteiger partial charge in [0.1, 0.15) is 22.9 Å². The molecule has 0 aliphatic rings. The Balaban J connectivity index is 1.57. The van der Waals surface area contributed by atoms with Gasteiger partial charge in [-0.1, -0.05) is 30.3 Å². The van der Waals surface area contributed by atoms with Crippen molar-refractivity contribution in [3.63, 3.8) is 0 Å². The molecule has 0 bridgehead atoms. The van der Waals surface area contributed by atoms with Crippen LogP contribution in [0.25, 0.3) is 22.3 Å². The Morgan fingerprint density at radius 3 is 2.68 bits per heavy atom. The third-order valence-corrected chi connectivity index (χ3v) is 4.65. The van der Waals surface area contributed by atoms with Crippen molar-refractivity contribution in [1.29, 1.82) is 0 Å². The summed E-state index contributed by atoms with van der Waals surface area (Å²) < 4.78 is 16.7. The van der Waals surface area contributed by atoms with Crippen molar-refractivity contribution in [3.8, 4) is 17.1 Å². The standard InChI is InChI=1S/C23H21NO4/c1-26-17-9-10-21-20(14-17)19(23(28-21)16-6-3-2-4-7-16)11-12-24-22(25)15-18-8-5-13-27-18/h2-10,13-14H,11-12,15H2,1H3,(H,24,25). The lowest BCUT2D eigenvalue weighted by Gasteiger charge is -2.06. The first-order chi connectivity index (χ1) is 13.7. The molecule has 1 N–H and O–H groups in total. The molecule has 0 aliphatic carbocycles. The van der Waals surface area contributed by atoms with Gasteiger partial charge in [0.05, 0.1) is 19.8 Å². The normalized spacial score (nSPS) is 10.9. The zero-order valence-electron chi connectivity index (χ0n) is 15.6. The number of carbonyl (C=O) groups is 1. The highest BCUT2D eigenvalue weighted by Gasteiger charge is 2.17. The average Bonchev–Trinajstić information content (AvgIpc) is 3.36. The van der Waals surface area contributed by atoms with Crippen LogP contribution in [-0.2, 0) is 17.6 Å². The monoisotopic (exact) mass is 375 g/mol. The molecule has 28 heavy (non-hydrogen) atoms. The molecule has 0 aliphatic heterocycles. The lowest BCUT2D eigenvalue weighted by molar-refractivity contribution is -0.120. The molecule has 0 unspecified atom stereocenters. The van der Waals surface area contributed by atoms with Crippen LogP contribution in [0.2, 0.25) is 0 Å². The predicted octanol–water partition coefficient (Wildman–Crippen LogP) is 4.60. The summed E-state index contributed by atoms with van der Waals surface area (Å²) in [5.41, 5.74) is 2.87. The van der Waals surface area contributed by atoms with E-state index < -0.39 is 0 Å². The Kier molecular flexibility index (Phi) is 5.15. The highest BCUT2D eigenvalue weighted by Crippen LogP contribution is 2.35. The summed E-state index contributed by atoms with van der Waals surface area (Å²) in [5, 5.41) is 3.96. The number of methoxy groups -OCH3 is 1. The molecule has 0 atom stereocenters. The highest BCUT2D eigenvalue weighted by molar-refractivity contribution is 5.89. The topological polar surface area (TPSA) is 64.6 Å². The molecule has 0 fully saturated rings. The molecule has 0 spiro atoms. The van der Waals surface area contributed by atoms with Crippen molar-refractivity contribution in [2.24, 2.45) is 0 Å². The highest BCUT2D eigenvalue weighted by atomic mass is 16.5. The van der Waals surface area contributed by atoms with E-state index in [0.29, 0.717) is 18.7 Å². The van der Waals surface area contributed by atoms with E-state index in [9.17, 15) is 4.79 Å². The number of nitrogens with one attached hydrogen (secondary N) is 1. The number of furan rings is 2. The van der Waals surface area contributed by atoms with E-state index >= 15 is 0 Å². The van der Waals surface area contributed by atoms with Crippen LogP contribution in [0.5, 0.6) is 5.75 Å². The van der Waals surface area contributed by atoms with E-state index in [4.69, 9.17) is 13.6 Å². The fourth-order valence-electron chi connectivity index (χ4n) is 3.29. The van der Waals surface area contributed by atoms with Crippen LogP contribution < -0.4 is 10.1 Å². The maximum atomic E-state index is 12.1. The van der Waals surface area contributed by atoms with Crippen molar-refractivity contribution in [3.05, 3.63) is 78.3 Å². The molecule has 0 saturated heterocycles. The summed E-state index contributed by atoms with van der Waals surface area (Å²) in [6.07, 6.45) is 2.45. The lowest BCUT2D eigenvalue weighted by atomic mass is 10.0. The molecule has 2 aromatic carbocycles. The average molecular weight is 375 g/mol. The van der Waals surface area contributed by atoms with Crippen molar-refractivity contribution >= 4 is 16.9 Å². The van der Waals surface area contributed by atoms with Gasteiger partial charge in [-0.25, -0.2) is 0 Å². The van der Waals surface area contributed by atoms with E-state index in [0.717, 1.165) is 33.6 Å². The van der Waals surface area contributed by atoms with E-state index in [2.05, 4.69) is 5.32 Å². The van der Waals surface area contributed by atoms with Crippen LogP contribution >= 0.6 is 0 Å². The SMILES string of the molecule is COc1ccc2oc(-c3ccccc3)c(CCNC(=O)Cc3ccco3)c2c1. The van der Waals surface area contributed by atoms with Gasteiger partial charge in [0.2, 0.25) is 5.91 Å². The van der Waals surface area contributed by atoms with Gasteiger partial charge in [-0.15, -0.1) is 0 Å². The van der Waals surface area contributed by atoms with Crippen LogP contribution in [0.1, 0.15) is 11.3 Å². The second-order valence-electron chi connectivity index (χ2n) is 6.49. The minimum absolute atomic E-state index is 0.0680. The molecule has 2 heterocycles. The maximum absolute atomic E-state index is 12.1. The molecular weight excluding hydrogens is 354 g/mol. The predicted molar refractivity (Wildman–Crippen MR) is 107 cm³/mol. The second kappa shape index (κ2) is 8.05. The number of amides is 1. The second-order valence-corrected chi connectivity index (χ2v) is 6.49. The third kappa shape index (κ3) is 3.78. The Morgan fingerprint density at radius 2 is 1.93 bits per heavy atom. The van der Waals surface area contributed by atoms with E-state index in [1.807, 2.05) is 48.5 Å². The fraction of sp³-hybridized carbons (Fsp3) is 0.174. The van der Waals surface area contributed by atoms with Crippen LogP contribution in [0.15, 0.2) is 75.8 Å². The summed E-state index contributed by atoms with van der Waals surface area (Å²) in [7, 11) is 1.65. The van der Waals surface area contributed by atoms with Gasteiger partial charge in [0.25, 0.3) is 0 Å². The minimum atomic E-state index is -0.0680. The maximum Gasteiger partial charge on any atom is 0.227 e. The van der Waals surface area contributed by atoms with E-state index in [1.54, 1.807) is 25.5 Å². The van der Waals surface area contributed by atoms with Crippen molar-refractivity contribution in [2.45, 2.75) is 12.8 Å². The number of benzene rings is 2. The molecule has 0 radical (unpaired) electrons. The zero-order valence-corrected chi connectivity index (χ0v) is 15.6. The summed E-state index contributed by atoms with van der Waals surface area (Å²) >= 11 is 0. The molecule has 5 nitrogen and oxygen atoms in total. The molecule has 1 amide bonds. The third-order valence-electron chi connectivity index (χ3n) is 4.65. The molecule has 0 saturated carbocycles. The Morgan fingerprint density at radius 1 is 1.07 bits per heavy atom.